The Balaban J connectivity index is 1.17. The number of hydrogen-bond donors (Lipinski definition) is 0. The van der Waals surface area contributed by atoms with Gasteiger partial charge in [-0.15, -0.1) is 0 Å². The van der Waals surface area contributed by atoms with Crippen LogP contribution in [0.5, 0.6) is 23.0 Å². The van der Waals surface area contributed by atoms with Crippen LogP contribution >= 0.6 is 0 Å². The molecule has 0 amide bonds. The fraction of sp³-hybridized carbons (Fsp3) is 0.115. The van der Waals surface area contributed by atoms with Crippen molar-refractivity contribution in [3.05, 3.63) is 175 Å². The van der Waals surface area contributed by atoms with Crippen LogP contribution in [0.25, 0.3) is 55.9 Å². The minimum atomic E-state index is -0.117. The first-order valence-corrected chi connectivity index (χ1v) is 19.9. The van der Waals surface area contributed by atoms with Crippen molar-refractivity contribution >= 4 is 23.1 Å². The van der Waals surface area contributed by atoms with Crippen molar-refractivity contribution in [2.45, 2.75) is 39.5 Å². The van der Waals surface area contributed by atoms with Crippen LogP contribution in [0.3, 0.4) is 0 Å². The van der Waals surface area contributed by atoms with Gasteiger partial charge in [-0.3, -0.25) is 9.97 Å². The molecule has 0 spiro atoms. The molecular formula is C52H41BN2O2. The molecule has 0 atom stereocenters. The van der Waals surface area contributed by atoms with Gasteiger partial charge in [-0.2, -0.15) is 0 Å². The highest BCUT2D eigenvalue weighted by Crippen LogP contribution is 2.45. The molecule has 2 aliphatic rings. The van der Waals surface area contributed by atoms with Crippen LogP contribution in [0.2, 0.25) is 0 Å². The van der Waals surface area contributed by atoms with Crippen molar-refractivity contribution in [3.8, 4) is 78.9 Å². The van der Waals surface area contributed by atoms with E-state index in [-0.39, 0.29) is 18.5 Å². The summed E-state index contributed by atoms with van der Waals surface area (Å²) in [7, 11) is 0. The molecule has 4 heterocycles. The van der Waals surface area contributed by atoms with E-state index < -0.39 is 0 Å². The van der Waals surface area contributed by atoms with E-state index in [2.05, 4.69) is 167 Å². The lowest BCUT2D eigenvalue weighted by atomic mass is 9.34. The Morgan fingerprint density at radius 2 is 0.982 bits per heavy atom. The first-order valence-electron chi connectivity index (χ1n) is 19.9. The van der Waals surface area contributed by atoms with Crippen molar-refractivity contribution in [2.24, 2.45) is 0 Å². The zero-order chi connectivity index (χ0) is 38.6. The number of rotatable bonds is 7. The maximum atomic E-state index is 6.98. The standard InChI is InChI=1S/C52H41BN2O2/c1-32(2)41-31-42(33(3)4)52-50-51(41)56-47-23-21-36(45-20-11-12-26-54-45)28-43(47)53(50)44-29-37(22-24-48(44)57-52)46-30-38(25-27-55-46)49-39(34-14-7-5-8-15-34)18-13-19-40(49)35-16-9-6-10-17-35/h5-33H,1-4H3. The third kappa shape index (κ3) is 6.02. The lowest BCUT2D eigenvalue weighted by Crippen LogP contribution is -2.58. The number of ether oxygens (including phenoxy) is 2. The molecule has 5 heteroatoms. The minimum absolute atomic E-state index is 0.117. The maximum Gasteiger partial charge on any atom is 0.260 e. The lowest BCUT2D eigenvalue weighted by Gasteiger charge is -2.36. The Morgan fingerprint density at radius 3 is 1.53 bits per heavy atom. The van der Waals surface area contributed by atoms with Crippen LogP contribution in [-0.4, -0.2) is 16.7 Å². The normalized spacial score (nSPS) is 12.4. The smallest absolute Gasteiger partial charge is 0.260 e. The number of nitrogens with zero attached hydrogens (tertiary/aromatic N) is 2. The molecule has 2 aromatic heterocycles. The van der Waals surface area contributed by atoms with Crippen LogP contribution in [-0.2, 0) is 0 Å². The van der Waals surface area contributed by atoms with Gasteiger partial charge in [0.1, 0.15) is 23.0 Å². The van der Waals surface area contributed by atoms with Gasteiger partial charge in [-0.25, -0.2) is 0 Å². The summed E-state index contributed by atoms with van der Waals surface area (Å²) >= 11 is 0. The third-order valence-corrected chi connectivity index (χ3v) is 11.5. The predicted octanol–water partition coefficient (Wildman–Crippen LogP) is 11.8. The second-order valence-electron chi connectivity index (χ2n) is 15.7. The average Bonchev–Trinajstić information content (AvgIpc) is 3.26. The van der Waals surface area contributed by atoms with Crippen molar-refractivity contribution < 1.29 is 9.47 Å². The zero-order valence-corrected chi connectivity index (χ0v) is 32.5. The van der Waals surface area contributed by atoms with E-state index in [4.69, 9.17) is 19.4 Å². The van der Waals surface area contributed by atoms with Gasteiger partial charge in [0, 0.05) is 17.9 Å². The van der Waals surface area contributed by atoms with E-state index in [9.17, 15) is 0 Å². The molecule has 10 rings (SSSR count). The van der Waals surface area contributed by atoms with Crippen LogP contribution in [0, 0.1) is 0 Å². The van der Waals surface area contributed by atoms with Crippen molar-refractivity contribution in [1.82, 2.24) is 9.97 Å². The highest BCUT2D eigenvalue weighted by Gasteiger charge is 2.43. The van der Waals surface area contributed by atoms with Gasteiger partial charge in [-0.1, -0.05) is 125 Å². The van der Waals surface area contributed by atoms with Gasteiger partial charge in [0.05, 0.1) is 11.4 Å². The molecule has 0 saturated heterocycles. The van der Waals surface area contributed by atoms with Crippen molar-refractivity contribution in [2.75, 3.05) is 0 Å². The first kappa shape index (κ1) is 34.8. The number of hydrogen-bond acceptors (Lipinski definition) is 4. The Morgan fingerprint density at radius 1 is 0.439 bits per heavy atom. The van der Waals surface area contributed by atoms with Gasteiger partial charge < -0.3 is 9.47 Å². The summed E-state index contributed by atoms with van der Waals surface area (Å²) in [6, 6.07) is 53.7. The van der Waals surface area contributed by atoms with Gasteiger partial charge in [0.2, 0.25) is 0 Å². The van der Waals surface area contributed by atoms with Crippen LogP contribution in [0.4, 0.5) is 0 Å². The molecule has 6 aromatic carbocycles. The monoisotopic (exact) mass is 736 g/mol. The third-order valence-electron chi connectivity index (χ3n) is 11.5. The second kappa shape index (κ2) is 14.1. The molecule has 0 bridgehead atoms. The summed E-state index contributed by atoms with van der Waals surface area (Å²) in [5, 5.41) is 0. The molecule has 2 aliphatic heterocycles. The zero-order valence-electron chi connectivity index (χ0n) is 32.5. The van der Waals surface area contributed by atoms with E-state index >= 15 is 0 Å². The van der Waals surface area contributed by atoms with Gasteiger partial charge in [0.15, 0.2) is 0 Å². The molecule has 274 valence electrons. The minimum Gasteiger partial charge on any atom is -0.458 e. The van der Waals surface area contributed by atoms with E-state index in [1.54, 1.807) is 0 Å². The molecule has 0 saturated carbocycles. The Labute approximate surface area is 334 Å². The Bertz CT molecular complexity index is 2720. The molecule has 0 fully saturated rings. The summed E-state index contributed by atoms with van der Waals surface area (Å²) in [5.74, 6) is 4.06. The number of aromatic nitrogens is 2. The van der Waals surface area contributed by atoms with Crippen molar-refractivity contribution in [1.29, 1.82) is 0 Å². The molecule has 0 radical (unpaired) electrons. The molecule has 8 aromatic rings. The van der Waals surface area contributed by atoms with E-state index in [0.717, 1.165) is 67.5 Å². The highest BCUT2D eigenvalue weighted by atomic mass is 16.5. The topological polar surface area (TPSA) is 44.2 Å². The number of fused-ring (bicyclic) bond motifs is 4. The SMILES string of the molecule is CC(C)c1cc(C(C)C)c2c3c1Oc1ccc(-c4ccccn4)cc1B3c1cc(-c3cc(-c4c(-c5ccccc5)cccc4-c4ccccc4)ccn3)ccc1O2. The van der Waals surface area contributed by atoms with Crippen molar-refractivity contribution in [3.63, 3.8) is 0 Å². The highest BCUT2D eigenvalue weighted by molar-refractivity contribution is 6.98. The predicted molar refractivity (Wildman–Crippen MR) is 235 cm³/mol. The lowest BCUT2D eigenvalue weighted by molar-refractivity contribution is 0.452. The maximum absolute atomic E-state index is 6.98. The summed E-state index contributed by atoms with van der Waals surface area (Å²) < 4.78 is 13.9. The molecule has 57 heavy (non-hydrogen) atoms. The molecule has 0 N–H and O–H groups in total. The van der Waals surface area contributed by atoms with Gasteiger partial charge in [-0.05, 0) is 133 Å². The molecular weight excluding hydrogens is 695 g/mol. The fourth-order valence-corrected chi connectivity index (χ4v) is 8.67. The number of benzene rings is 6. The van der Waals surface area contributed by atoms with Gasteiger partial charge in [0.25, 0.3) is 6.71 Å². The second-order valence-corrected chi connectivity index (χ2v) is 15.7. The van der Waals surface area contributed by atoms with Crippen LogP contribution in [0.15, 0.2) is 164 Å². The van der Waals surface area contributed by atoms with Crippen LogP contribution < -0.4 is 25.9 Å². The fourth-order valence-electron chi connectivity index (χ4n) is 8.67. The Kier molecular flexibility index (Phi) is 8.59. The summed E-state index contributed by atoms with van der Waals surface area (Å²) in [4.78, 5) is 9.72. The molecule has 4 nitrogen and oxygen atoms in total. The summed E-state index contributed by atoms with van der Waals surface area (Å²) in [6.45, 7) is 8.86. The quantitative estimate of drug-likeness (QED) is 0.153. The summed E-state index contributed by atoms with van der Waals surface area (Å²) in [5.41, 5.74) is 16.6. The average molecular weight is 737 g/mol. The van der Waals surface area contributed by atoms with E-state index in [1.807, 2.05) is 24.5 Å². The van der Waals surface area contributed by atoms with E-state index in [0.29, 0.717) is 0 Å². The van der Waals surface area contributed by atoms with E-state index in [1.165, 1.54) is 38.9 Å². The summed E-state index contributed by atoms with van der Waals surface area (Å²) in [6.07, 6.45) is 3.79. The van der Waals surface area contributed by atoms with Gasteiger partial charge >= 0.3 is 0 Å². The first-order chi connectivity index (χ1) is 27.9. The van der Waals surface area contributed by atoms with Crippen LogP contribution in [0.1, 0.15) is 50.7 Å². The molecule has 0 aliphatic carbocycles. The largest absolute Gasteiger partial charge is 0.458 e. The Hall–Kier alpha value is -6.72. The molecule has 0 unspecified atom stereocenters. The number of pyridine rings is 2.